The minimum Gasteiger partial charge on any atom is -0.343 e. The predicted octanol–water partition coefficient (Wildman–Crippen LogP) is 4.63. The average molecular weight is 401 g/mol. The van der Waals surface area contributed by atoms with Crippen molar-refractivity contribution in [1.29, 1.82) is 0 Å². The molecule has 0 fully saturated rings. The third kappa shape index (κ3) is 2.73. The predicted molar refractivity (Wildman–Crippen MR) is 100 cm³/mol. The van der Waals surface area contributed by atoms with Gasteiger partial charge in [-0.05, 0) is 40.6 Å². The van der Waals surface area contributed by atoms with Gasteiger partial charge >= 0.3 is 0 Å². The highest BCUT2D eigenvalue weighted by molar-refractivity contribution is 14.1. The Hall–Kier alpha value is -1.88. The smallest absolute Gasteiger partial charge is 0.196 e. The van der Waals surface area contributed by atoms with Gasteiger partial charge in [-0.25, -0.2) is 0 Å². The molecule has 0 amide bonds. The number of rotatable bonds is 2. The lowest BCUT2D eigenvalue weighted by Crippen LogP contribution is -2.14. The van der Waals surface area contributed by atoms with E-state index in [0.29, 0.717) is 0 Å². The van der Waals surface area contributed by atoms with Crippen molar-refractivity contribution < 1.29 is 0 Å². The summed E-state index contributed by atoms with van der Waals surface area (Å²) < 4.78 is 2.85. The van der Waals surface area contributed by atoms with Crippen molar-refractivity contribution >= 4 is 22.6 Å². The quantitative estimate of drug-likeness (QED) is 0.574. The molecule has 1 aromatic heterocycles. The summed E-state index contributed by atoms with van der Waals surface area (Å²) in [7, 11) is 2.01. The molecule has 3 rings (SSSR count). The Balaban J connectivity index is 2.29. The molecular formula is C19H16INO. The first-order valence-corrected chi connectivity index (χ1v) is 8.18. The molecular weight excluding hydrogens is 385 g/mol. The van der Waals surface area contributed by atoms with Crippen molar-refractivity contribution in [3.8, 4) is 22.5 Å². The normalized spacial score (nSPS) is 10.7. The maximum absolute atomic E-state index is 12.4. The molecule has 3 heteroatoms. The Bertz CT molecular complexity index is 864. The van der Waals surface area contributed by atoms with E-state index in [4.69, 9.17) is 0 Å². The summed E-state index contributed by atoms with van der Waals surface area (Å²) in [6, 6.07) is 20.0. The molecule has 0 atom stereocenters. The minimum atomic E-state index is 0.0631. The Morgan fingerprint density at radius 1 is 0.909 bits per heavy atom. The molecule has 110 valence electrons. The first-order valence-electron chi connectivity index (χ1n) is 7.10. The summed E-state index contributed by atoms with van der Waals surface area (Å²) in [4.78, 5) is 12.4. The van der Waals surface area contributed by atoms with Gasteiger partial charge < -0.3 is 4.57 Å². The van der Waals surface area contributed by atoms with E-state index in [1.807, 2.05) is 37.4 Å². The van der Waals surface area contributed by atoms with Crippen LogP contribution in [0.3, 0.4) is 0 Å². The highest BCUT2D eigenvalue weighted by Gasteiger charge is 2.14. The van der Waals surface area contributed by atoms with Gasteiger partial charge in [0.1, 0.15) is 0 Å². The molecule has 2 aromatic carbocycles. The lowest BCUT2D eigenvalue weighted by molar-refractivity contribution is 0.914. The molecule has 0 radical (unpaired) electrons. The van der Waals surface area contributed by atoms with Crippen LogP contribution in [-0.2, 0) is 7.05 Å². The van der Waals surface area contributed by atoms with Crippen molar-refractivity contribution in [3.63, 3.8) is 0 Å². The third-order valence-electron chi connectivity index (χ3n) is 3.78. The molecule has 3 aromatic rings. The highest BCUT2D eigenvalue weighted by atomic mass is 127. The van der Waals surface area contributed by atoms with Gasteiger partial charge in [-0.15, -0.1) is 0 Å². The number of aromatic nitrogens is 1. The number of aryl methyl sites for hydroxylation is 1. The van der Waals surface area contributed by atoms with E-state index in [1.165, 1.54) is 5.56 Å². The average Bonchev–Trinajstić information content (AvgIpc) is 2.54. The van der Waals surface area contributed by atoms with Crippen LogP contribution in [0.2, 0.25) is 0 Å². The molecule has 0 aliphatic carbocycles. The topological polar surface area (TPSA) is 22.0 Å². The van der Waals surface area contributed by atoms with Crippen molar-refractivity contribution in [1.82, 2.24) is 4.57 Å². The minimum absolute atomic E-state index is 0.0631. The summed E-state index contributed by atoms with van der Waals surface area (Å²) in [6.07, 6.45) is 0. The number of halogens is 1. The molecule has 0 saturated carbocycles. The number of nitrogens with zero attached hydrogens (tertiary/aromatic N) is 1. The summed E-state index contributed by atoms with van der Waals surface area (Å²) in [5.74, 6) is 0. The second-order valence-corrected chi connectivity index (χ2v) is 6.43. The zero-order valence-electron chi connectivity index (χ0n) is 12.5. The number of hydrogen-bond acceptors (Lipinski definition) is 1. The van der Waals surface area contributed by atoms with Crippen molar-refractivity contribution in [3.05, 3.63) is 80.0 Å². The van der Waals surface area contributed by atoms with Crippen molar-refractivity contribution in [2.45, 2.75) is 6.92 Å². The lowest BCUT2D eigenvalue weighted by atomic mass is 10.1. The van der Waals surface area contributed by atoms with Gasteiger partial charge in [0.25, 0.3) is 0 Å². The standard InChI is InChI=1S/C19H16INO/c1-13-8-10-15(11-9-13)19-18(20)17(22)12-16(21(19)2)14-6-4-3-5-7-14/h3-12H,1-2H3. The van der Waals surface area contributed by atoms with E-state index < -0.39 is 0 Å². The van der Waals surface area contributed by atoms with Crippen LogP contribution < -0.4 is 5.43 Å². The van der Waals surface area contributed by atoms with Gasteiger partial charge in [0, 0.05) is 13.1 Å². The van der Waals surface area contributed by atoms with E-state index in [2.05, 4.69) is 58.3 Å². The Labute approximate surface area is 143 Å². The van der Waals surface area contributed by atoms with Crippen LogP contribution in [0.25, 0.3) is 22.5 Å². The monoisotopic (exact) mass is 401 g/mol. The third-order valence-corrected chi connectivity index (χ3v) is 4.83. The summed E-state index contributed by atoms with van der Waals surface area (Å²) in [5.41, 5.74) is 5.28. The van der Waals surface area contributed by atoms with Crippen LogP contribution >= 0.6 is 22.6 Å². The summed E-state index contributed by atoms with van der Waals surface area (Å²) >= 11 is 2.15. The van der Waals surface area contributed by atoms with Gasteiger partial charge in [0.2, 0.25) is 0 Å². The fourth-order valence-electron chi connectivity index (χ4n) is 2.59. The Morgan fingerprint density at radius 3 is 2.18 bits per heavy atom. The first kappa shape index (κ1) is 15.0. The molecule has 2 nitrogen and oxygen atoms in total. The van der Waals surface area contributed by atoms with E-state index in [0.717, 1.165) is 26.1 Å². The van der Waals surface area contributed by atoms with Crippen LogP contribution in [0.1, 0.15) is 5.56 Å². The maximum Gasteiger partial charge on any atom is 0.196 e. The number of hydrogen-bond donors (Lipinski definition) is 0. The molecule has 0 spiro atoms. The molecule has 0 N–H and O–H groups in total. The molecule has 0 unspecified atom stereocenters. The molecule has 22 heavy (non-hydrogen) atoms. The molecule has 0 saturated heterocycles. The van der Waals surface area contributed by atoms with Crippen LogP contribution in [-0.4, -0.2) is 4.57 Å². The van der Waals surface area contributed by atoms with E-state index in [-0.39, 0.29) is 5.43 Å². The Kier molecular flexibility index (Phi) is 4.16. The summed E-state index contributed by atoms with van der Waals surface area (Å²) in [5, 5.41) is 0. The fraction of sp³-hybridized carbons (Fsp3) is 0.105. The van der Waals surface area contributed by atoms with Gasteiger partial charge in [0.15, 0.2) is 5.43 Å². The summed E-state index contributed by atoms with van der Waals surface area (Å²) in [6.45, 7) is 2.06. The van der Waals surface area contributed by atoms with Gasteiger partial charge in [-0.3, -0.25) is 4.79 Å². The second-order valence-electron chi connectivity index (χ2n) is 5.35. The van der Waals surface area contributed by atoms with E-state index in [9.17, 15) is 4.79 Å². The molecule has 0 aliphatic rings. The van der Waals surface area contributed by atoms with Gasteiger partial charge in [-0.2, -0.15) is 0 Å². The molecule has 1 heterocycles. The maximum atomic E-state index is 12.4. The lowest BCUT2D eigenvalue weighted by Gasteiger charge is -2.17. The van der Waals surface area contributed by atoms with Crippen LogP contribution in [0.4, 0.5) is 0 Å². The van der Waals surface area contributed by atoms with Crippen LogP contribution in [0.15, 0.2) is 65.5 Å². The zero-order chi connectivity index (χ0) is 15.7. The van der Waals surface area contributed by atoms with E-state index >= 15 is 0 Å². The van der Waals surface area contributed by atoms with Gasteiger partial charge in [0.05, 0.1) is 15.0 Å². The Morgan fingerprint density at radius 2 is 1.55 bits per heavy atom. The fourth-order valence-corrected chi connectivity index (χ4v) is 3.42. The SMILES string of the molecule is Cc1ccc(-c2c(I)c(=O)cc(-c3ccccc3)n2C)cc1. The largest absolute Gasteiger partial charge is 0.343 e. The van der Waals surface area contributed by atoms with Crippen LogP contribution in [0.5, 0.6) is 0 Å². The molecule has 0 aliphatic heterocycles. The zero-order valence-corrected chi connectivity index (χ0v) is 14.7. The second kappa shape index (κ2) is 6.08. The van der Waals surface area contributed by atoms with Gasteiger partial charge in [-0.1, -0.05) is 60.2 Å². The van der Waals surface area contributed by atoms with Crippen LogP contribution in [0, 0.1) is 10.5 Å². The van der Waals surface area contributed by atoms with Crippen molar-refractivity contribution in [2.24, 2.45) is 7.05 Å². The highest BCUT2D eigenvalue weighted by Crippen LogP contribution is 2.28. The number of benzene rings is 2. The first-order chi connectivity index (χ1) is 10.6. The number of pyridine rings is 1. The van der Waals surface area contributed by atoms with E-state index in [1.54, 1.807) is 6.07 Å². The molecule has 0 bridgehead atoms. The van der Waals surface area contributed by atoms with Crippen molar-refractivity contribution in [2.75, 3.05) is 0 Å².